The third-order valence-corrected chi connectivity index (χ3v) is 3.56. The van der Waals surface area contributed by atoms with Gasteiger partial charge in [0.15, 0.2) is 0 Å². The molecular weight excluding hydrogens is 241 g/mol. The second-order valence-electron chi connectivity index (χ2n) is 5.49. The summed E-state index contributed by atoms with van der Waals surface area (Å²) >= 11 is 0. The summed E-state index contributed by atoms with van der Waals surface area (Å²) in [5.41, 5.74) is 0.0509. The average molecular weight is 261 g/mol. The van der Waals surface area contributed by atoms with Gasteiger partial charge in [-0.15, -0.1) is 0 Å². The third-order valence-electron chi connectivity index (χ3n) is 3.56. The molecule has 1 aliphatic carbocycles. The average Bonchev–Trinajstić information content (AvgIpc) is 3.20. The van der Waals surface area contributed by atoms with Gasteiger partial charge in [0.05, 0.1) is 11.8 Å². The second kappa shape index (κ2) is 5.58. The van der Waals surface area contributed by atoms with Gasteiger partial charge in [0.1, 0.15) is 11.4 Å². The molecule has 0 spiro atoms. The Labute approximate surface area is 114 Å². The van der Waals surface area contributed by atoms with E-state index >= 15 is 0 Å². The summed E-state index contributed by atoms with van der Waals surface area (Å²) in [6, 6.07) is 9.54. The fourth-order valence-electron chi connectivity index (χ4n) is 2.11. The first-order valence-corrected chi connectivity index (χ1v) is 6.69. The number of rotatable bonds is 6. The van der Waals surface area contributed by atoms with Crippen molar-refractivity contribution in [1.82, 2.24) is 5.32 Å². The highest BCUT2D eigenvalue weighted by Crippen LogP contribution is 2.24. The van der Waals surface area contributed by atoms with Gasteiger partial charge in [0, 0.05) is 19.6 Å². The van der Waals surface area contributed by atoms with Crippen molar-refractivity contribution >= 4 is 5.69 Å². The molecule has 0 aliphatic heterocycles. The summed E-state index contributed by atoms with van der Waals surface area (Å²) in [4.78, 5) is 1.86. The predicted octanol–water partition coefficient (Wildman–Crippen LogP) is 2.69. The van der Waals surface area contributed by atoms with Gasteiger partial charge in [-0.05, 0) is 38.3 Å². The van der Waals surface area contributed by atoms with Crippen LogP contribution in [0.4, 0.5) is 10.1 Å². The Morgan fingerprint density at radius 1 is 1.47 bits per heavy atom. The molecule has 1 fully saturated rings. The van der Waals surface area contributed by atoms with Crippen molar-refractivity contribution < 1.29 is 4.39 Å². The van der Waals surface area contributed by atoms with E-state index < -0.39 is 5.54 Å². The largest absolute Gasteiger partial charge is 0.372 e. The fourth-order valence-corrected chi connectivity index (χ4v) is 2.11. The Morgan fingerprint density at radius 2 is 2.16 bits per heavy atom. The molecule has 2 rings (SSSR count). The monoisotopic (exact) mass is 261 g/mol. The number of nitriles is 1. The maximum atomic E-state index is 13.6. The van der Waals surface area contributed by atoms with E-state index in [-0.39, 0.29) is 5.82 Å². The number of anilines is 1. The van der Waals surface area contributed by atoms with Crippen LogP contribution in [0, 0.1) is 17.1 Å². The summed E-state index contributed by atoms with van der Waals surface area (Å²) in [5, 5.41) is 12.7. The lowest BCUT2D eigenvalue weighted by atomic mass is 9.99. The molecule has 1 unspecified atom stereocenters. The van der Waals surface area contributed by atoms with Crippen LogP contribution in [0.3, 0.4) is 0 Å². The number of hydrogen-bond acceptors (Lipinski definition) is 3. The smallest absolute Gasteiger partial charge is 0.146 e. The van der Waals surface area contributed by atoms with Gasteiger partial charge in [0.2, 0.25) is 0 Å². The van der Waals surface area contributed by atoms with E-state index in [1.165, 1.54) is 6.07 Å². The highest BCUT2D eigenvalue weighted by Gasteiger charge is 2.32. The Balaban J connectivity index is 1.93. The topological polar surface area (TPSA) is 39.1 Å². The highest BCUT2D eigenvalue weighted by atomic mass is 19.1. The summed E-state index contributed by atoms with van der Waals surface area (Å²) in [6.45, 7) is 2.56. The first-order chi connectivity index (χ1) is 9.04. The number of hydrogen-bond donors (Lipinski definition) is 1. The molecule has 1 N–H and O–H groups in total. The molecule has 19 heavy (non-hydrogen) atoms. The zero-order valence-corrected chi connectivity index (χ0v) is 11.5. The minimum absolute atomic E-state index is 0.223. The van der Waals surface area contributed by atoms with Crippen molar-refractivity contribution in [2.24, 2.45) is 0 Å². The fraction of sp³-hybridized carbons (Fsp3) is 0.533. The van der Waals surface area contributed by atoms with E-state index in [1.807, 2.05) is 24.9 Å². The minimum atomic E-state index is -0.527. The lowest BCUT2D eigenvalue weighted by Gasteiger charge is -2.27. The van der Waals surface area contributed by atoms with Crippen molar-refractivity contribution in [1.29, 1.82) is 5.26 Å². The van der Waals surface area contributed by atoms with Crippen LogP contribution >= 0.6 is 0 Å². The van der Waals surface area contributed by atoms with Gasteiger partial charge in [-0.2, -0.15) is 5.26 Å². The molecule has 1 atom stereocenters. The summed E-state index contributed by atoms with van der Waals surface area (Å²) in [6.07, 6.45) is 2.98. The molecule has 0 heterocycles. The zero-order chi connectivity index (χ0) is 13.9. The van der Waals surface area contributed by atoms with Gasteiger partial charge in [-0.1, -0.05) is 12.1 Å². The molecule has 102 valence electrons. The Morgan fingerprint density at radius 3 is 2.74 bits per heavy atom. The summed E-state index contributed by atoms with van der Waals surface area (Å²) in [7, 11) is 1.85. The number of para-hydroxylation sites is 1. The van der Waals surface area contributed by atoms with E-state index in [2.05, 4.69) is 11.4 Å². The van der Waals surface area contributed by atoms with Crippen LogP contribution in [0.25, 0.3) is 0 Å². The molecule has 0 amide bonds. The molecule has 0 bridgehead atoms. The van der Waals surface area contributed by atoms with Crippen molar-refractivity contribution in [2.45, 2.75) is 37.8 Å². The standard InChI is InChI=1S/C15H20FN3/c1-15(11-17,18-12-7-8-12)9-10-19(2)14-6-4-3-5-13(14)16/h3-6,12,18H,7-10H2,1-2H3. The Hall–Kier alpha value is -1.60. The van der Waals surface area contributed by atoms with Gasteiger partial charge >= 0.3 is 0 Å². The first-order valence-electron chi connectivity index (χ1n) is 6.69. The summed E-state index contributed by atoms with van der Waals surface area (Å²) < 4.78 is 13.6. The Bertz CT molecular complexity index is 479. The number of halogens is 1. The molecule has 0 aromatic heterocycles. The van der Waals surface area contributed by atoms with Crippen molar-refractivity contribution in [3.8, 4) is 6.07 Å². The number of benzene rings is 1. The molecule has 1 aromatic rings. The quantitative estimate of drug-likeness (QED) is 0.855. The van der Waals surface area contributed by atoms with Crippen molar-refractivity contribution in [2.75, 3.05) is 18.5 Å². The maximum absolute atomic E-state index is 13.6. The molecule has 1 aliphatic rings. The van der Waals surface area contributed by atoms with Gasteiger partial charge in [0.25, 0.3) is 0 Å². The predicted molar refractivity (Wildman–Crippen MR) is 74.5 cm³/mol. The maximum Gasteiger partial charge on any atom is 0.146 e. The van der Waals surface area contributed by atoms with Crippen LogP contribution < -0.4 is 10.2 Å². The SMILES string of the molecule is CN(CCC(C)(C#N)NC1CC1)c1ccccc1F. The third kappa shape index (κ3) is 3.68. The second-order valence-corrected chi connectivity index (χ2v) is 5.49. The van der Waals surface area contributed by atoms with Crippen LogP contribution in [-0.4, -0.2) is 25.2 Å². The molecule has 1 saturated carbocycles. The van der Waals surface area contributed by atoms with E-state index in [0.717, 1.165) is 12.8 Å². The molecule has 0 saturated heterocycles. The molecule has 4 heteroatoms. The van der Waals surface area contributed by atoms with Gasteiger partial charge < -0.3 is 4.90 Å². The number of nitrogens with zero attached hydrogens (tertiary/aromatic N) is 2. The lowest BCUT2D eigenvalue weighted by molar-refractivity contribution is 0.416. The molecular formula is C15H20FN3. The summed E-state index contributed by atoms with van der Waals surface area (Å²) in [5.74, 6) is -0.223. The van der Waals surface area contributed by atoms with Crippen molar-refractivity contribution in [3.05, 3.63) is 30.1 Å². The molecule has 0 radical (unpaired) electrons. The van der Waals surface area contributed by atoms with Crippen LogP contribution in [-0.2, 0) is 0 Å². The van der Waals surface area contributed by atoms with Crippen LogP contribution in [0.1, 0.15) is 26.2 Å². The van der Waals surface area contributed by atoms with Crippen LogP contribution in [0.15, 0.2) is 24.3 Å². The van der Waals surface area contributed by atoms with E-state index in [1.54, 1.807) is 12.1 Å². The normalized spacial score (nSPS) is 17.6. The zero-order valence-electron chi connectivity index (χ0n) is 11.5. The lowest BCUT2D eigenvalue weighted by Crippen LogP contribution is -2.44. The van der Waals surface area contributed by atoms with E-state index in [9.17, 15) is 9.65 Å². The van der Waals surface area contributed by atoms with Crippen LogP contribution in [0.5, 0.6) is 0 Å². The molecule has 1 aromatic carbocycles. The van der Waals surface area contributed by atoms with Gasteiger partial charge in [-0.25, -0.2) is 4.39 Å². The Kier molecular flexibility index (Phi) is 4.06. The first kappa shape index (κ1) is 13.8. The molecule has 3 nitrogen and oxygen atoms in total. The van der Waals surface area contributed by atoms with Gasteiger partial charge in [-0.3, -0.25) is 5.32 Å². The van der Waals surface area contributed by atoms with E-state index in [0.29, 0.717) is 24.7 Å². The van der Waals surface area contributed by atoms with E-state index in [4.69, 9.17) is 0 Å². The van der Waals surface area contributed by atoms with Crippen molar-refractivity contribution in [3.63, 3.8) is 0 Å². The number of nitrogens with one attached hydrogen (secondary N) is 1. The van der Waals surface area contributed by atoms with Crippen LogP contribution in [0.2, 0.25) is 0 Å². The minimum Gasteiger partial charge on any atom is -0.372 e. The highest BCUT2D eigenvalue weighted by molar-refractivity contribution is 5.46.